The summed E-state index contributed by atoms with van der Waals surface area (Å²) >= 11 is 0. The molecule has 0 saturated heterocycles. The van der Waals surface area contributed by atoms with E-state index in [-0.39, 0.29) is 0 Å². The highest BCUT2D eigenvalue weighted by Gasteiger charge is 2.10. The molecule has 249 valence electrons. The van der Waals surface area contributed by atoms with Gasteiger partial charge in [-0.15, -0.1) is 0 Å². The van der Waals surface area contributed by atoms with Gasteiger partial charge in [-0.25, -0.2) is 0 Å². The summed E-state index contributed by atoms with van der Waals surface area (Å²) in [6.45, 7) is 8.43. The molecule has 0 atom stereocenters. The summed E-state index contributed by atoms with van der Waals surface area (Å²) in [6, 6.07) is 14.0. The normalized spacial score (nSPS) is 11.2. The molecule has 0 spiro atoms. The van der Waals surface area contributed by atoms with Crippen molar-refractivity contribution in [2.45, 2.75) is 175 Å². The van der Waals surface area contributed by atoms with Gasteiger partial charge >= 0.3 is 0 Å². The zero-order chi connectivity index (χ0) is 32.2. The summed E-state index contributed by atoms with van der Waals surface area (Å²) in [4.78, 5) is 0. The molecule has 45 heavy (non-hydrogen) atoms. The molecular formula is C41H67B2O2. The number of unbranched alkanes of at least 4 members (excludes halogenated alkanes) is 14. The van der Waals surface area contributed by atoms with Crippen molar-refractivity contribution in [1.82, 2.24) is 0 Å². The highest BCUT2D eigenvalue weighted by Crippen LogP contribution is 2.27. The first-order valence-corrected chi connectivity index (χ1v) is 19.2. The average molecular weight is 614 g/mol. The Labute approximate surface area is 281 Å². The van der Waals surface area contributed by atoms with E-state index in [1.54, 1.807) is 7.17 Å². The molecular weight excluding hydrogens is 546 g/mol. The Balaban J connectivity index is 1.98. The second-order valence-electron chi connectivity index (χ2n) is 13.3. The van der Waals surface area contributed by atoms with Gasteiger partial charge in [-0.3, -0.25) is 0 Å². The summed E-state index contributed by atoms with van der Waals surface area (Å²) in [5, 5.41) is 0. The van der Waals surface area contributed by atoms with Crippen LogP contribution in [0.4, 0.5) is 0 Å². The quantitative estimate of drug-likeness (QED) is 0.0645. The molecule has 0 fully saturated rings. The standard InChI is InChI=1S/C41H67B2O2/c1-4-7-10-12-14-16-23-36-27-29-40(44-32-21-9-6-3)38(34-36)25-18-19-26-39-35-37(24-17-15-13-11-8-5-2)28-30-41(39)45-33-22-20-31-43-42/h27-30,34-35H,4-26,31-33H2,1-3H3. The van der Waals surface area contributed by atoms with Gasteiger partial charge in [-0.05, 0) is 98.6 Å². The van der Waals surface area contributed by atoms with Crippen LogP contribution in [-0.2, 0) is 25.7 Å². The molecule has 0 bridgehead atoms. The topological polar surface area (TPSA) is 18.5 Å². The zero-order valence-electron chi connectivity index (χ0n) is 29.8. The second kappa shape index (κ2) is 27.3. The number of rotatable bonds is 30. The Morgan fingerprint density at radius 2 is 0.867 bits per heavy atom. The number of benzene rings is 2. The van der Waals surface area contributed by atoms with Crippen molar-refractivity contribution in [3.63, 3.8) is 0 Å². The molecule has 0 aliphatic heterocycles. The summed E-state index contributed by atoms with van der Waals surface area (Å²) in [6.07, 6.45) is 29.7. The molecule has 0 saturated carbocycles. The average Bonchev–Trinajstić information content (AvgIpc) is 3.06. The highest BCUT2D eigenvalue weighted by atomic mass is 16.5. The largest absolute Gasteiger partial charge is 0.493 e. The fourth-order valence-electron chi connectivity index (χ4n) is 6.18. The van der Waals surface area contributed by atoms with Crippen LogP contribution >= 0.6 is 0 Å². The third kappa shape index (κ3) is 18.8. The maximum Gasteiger partial charge on any atom is 0.122 e. The van der Waals surface area contributed by atoms with Gasteiger partial charge in [0.1, 0.15) is 11.5 Å². The monoisotopic (exact) mass is 614 g/mol. The molecule has 0 heterocycles. The minimum absolute atomic E-state index is 0.766. The fraction of sp³-hybridized carbons (Fsp3) is 0.707. The van der Waals surface area contributed by atoms with Crippen LogP contribution in [0.25, 0.3) is 0 Å². The van der Waals surface area contributed by atoms with Crippen molar-refractivity contribution >= 4 is 14.9 Å². The van der Waals surface area contributed by atoms with Crippen LogP contribution in [0, 0.1) is 0 Å². The second-order valence-corrected chi connectivity index (χ2v) is 13.3. The molecule has 2 aromatic rings. The van der Waals surface area contributed by atoms with E-state index in [1.165, 1.54) is 131 Å². The lowest BCUT2D eigenvalue weighted by molar-refractivity contribution is 0.302. The van der Waals surface area contributed by atoms with Crippen molar-refractivity contribution < 1.29 is 9.47 Å². The Hall–Kier alpha value is -1.83. The fourth-order valence-corrected chi connectivity index (χ4v) is 6.18. The first kappa shape index (κ1) is 39.3. The molecule has 2 nitrogen and oxygen atoms in total. The first-order valence-electron chi connectivity index (χ1n) is 19.2. The Morgan fingerprint density at radius 3 is 1.33 bits per heavy atom. The van der Waals surface area contributed by atoms with Gasteiger partial charge in [0.25, 0.3) is 0 Å². The predicted octanol–water partition coefficient (Wildman–Crippen LogP) is 12.0. The van der Waals surface area contributed by atoms with Gasteiger partial charge in [0.2, 0.25) is 0 Å². The van der Waals surface area contributed by atoms with E-state index >= 15 is 0 Å². The van der Waals surface area contributed by atoms with Gasteiger partial charge in [0, 0.05) is 7.74 Å². The minimum atomic E-state index is 0.766. The van der Waals surface area contributed by atoms with Crippen molar-refractivity contribution in [1.29, 1.82) is 0 Å². The van der Waals surface area contributed by atoms with Gasteiger partial charge in [0.15, 0.2) is 0 Å². The number of hydrogen-bond acceptors (Lipinski definition) is 2. The summed E-state index contributed by atoms with van der Waals surface area (Å²) < 4.78 is 12.6. The molecule has 3 radical (unpaired) electrons. The highest BCUT2D eigenvalue weighted by molar-refractivity contribution is 6.89. The summed E-state index contributed by atoms with van der Waals surface area (Å²) in [7, 11) is 7.33. The van der Waals surface area contributed by atoms with Crippen molar-refractivity contribution in [2.75, 3.05) is 13.2 Å². The van der Waals surface area contributed by atoms with Crippen LogP contribution < -0.4 is 9.47 Å². The van der Waals surface area contributed by atoms with Crippen LogP contribution in [-0.4, -0.2) is 28.1 Å². The number of hydrogen-bond donors (Lipinski definition) is 0. The molecule has 0 aromatic heterocycles. The lowest BCUT2D eigenvalue weighted by atomic mass is 9.53. The molecule has 0 amide bonds. The van der Waals surface area contributed by atoms with Gasteiger partial charge in [0.05, 0.1) is 20.4 Å². The van der Waals surface area contributed by atoms with Crippen LogP contribution in [0.15, 0.2) is 36.4 Å². The summed E-state index contributed by atoms with van der Waals surface area (Å²) in [5.41, 5.74) is 5.74. The van der Waals surface area contributed by atoms with Crippen molar-refractivity contribution in [2.24, 2.45) is 0 Å². The van der Waals surface area contributed by atoms with Crippen molar-refractivity contribution in [3.05, 3.63) is 58.7 Å². The van der Waals surface area contributed by atoms with E-state index in [1.807, 2.05) is 0 Å². The van der Waals surface area contributed by atoms with Crippen LogP contribution in [0.5, 0.6) is 11.5 Å². The van der Waals surface area contributed by atoms with E-state index in [4.69, 9.17) is 17.2 Å². The molecule has 2 aromatic carbocycles. The van der Waals surface area contributed by atoms with Gasteiger partial charge in [-0.1, -0.05) is 135 Å². The van der Waals surface area contributed by atoms with Crippen LogP contribution in [0.1, 0.15) is 165 Å². The third-order valence-corrected chi connectivity index (χ3v) is 9.06. The third-order valence-electron chi connectivity index (χ3n) is 9.06. The minimum Gasteiger partial charge on any atom is -0.493 e. The molecule has 0 aliphatic rings. The zero-order valence-corrected chi connectivity index (χ0v) is 29.8. The maximum absolute atomic E-state index is 6.32. The van der Waals surface area contributed by atoms with Crippen LogP contribution in [0.3, 0.4) is 0 Å². The van der Waals surface area contributed by atoms with Crippen LogP contribution in [0.2, 0.25) is 6.32 Å². The van der Waals surface area contributed by atoms with Gasteiger partial charge < -0.3 is 9.47 Å². The lowest BCUT2D eigenvalue weighted by Gasteiger charge is -2.15. The molecule has 4 heteroatoms. The van der Waals surface area contributed by atoms with E-state index in [0.29, 0.717) is 0 Å². The molecule has 0 N–H and O–H groups in total. The smallest absolute Gasteiger partial charge is 0.122 e. The van der Waals surface area contributed by atoms with E-state index in [2.05, 4.69) is 57.2 Å². The molecule has 0 aliphatic carbocycles. The Bertz CT molecular complexity index is 976. The SMILES string of the molecule is [B][B]CCCCOc1ccc(CCCCCCCC)cc1CCCCc1cc(CCCCCCCC)ccc1OCCCCC. The number of aryl methyl sites for hydroxylation is 4. The molecule has 0 unspecified atom stereocenters. The van der Waals surface area contributed by atoms with E-state index in [9.17, 15) is 0 Å². The van der Waals surface area contributed by atoms with E-state index in [0.717, 1.165) is 69.6 Å². The Kier molecular flexibility index (Phi) is 23.9. The lowest BCUT2D eigenvalue weighted by Crippen LogP contribution is -2.03. The van der Waals surface area contributed by atoms with E-state index < -0.39 is 0 Å². The summed E-state index contributed by atoms with van der Waals surface area (Å²) in [5.74, 6) is 2.19. The number of ether oxygens (including phenoxy) is 2. The maximum atomic E-state index is 6.32. The predicted molar refractivity (Wildman–Crippen MR) is 200 cm³/mol. The van der Waals surface area contributed by atoms with Gasteiger partial charge in [-0.2, -0.15) is 0 Å². The Morgan fingerprint density at radius 1 is 0.467 bits per heavy atom. The van der Waals surface area contributed by atoms with Crippen molar-refractivity contribution in [3.8, 4) is 11.5 Å². The first-order chi connectivity index (χ1) is 22.2. The molecule has 2 rings (SSSR count).